The first kappa shape index (κ1) is 19.6. The standard InChI is InChI=1S/C22H40O3/c1-14-12-17(6-10-20(14)24)22(3,16-4-8-19(23)9-5-16)18-7-11-21(25)15(2)13-18/h14-21,23-25H,4-13H2,1-3H3. The van der Waals surface area contributed by atoms with Crippen LogP contribution in [0.1, 0.15) is 85.0 Å². The predicted molar refractivity (Wildman–Crippen MR) is 101 cm³/mol. The molecule has 6 atom stereocenters. The summed E-state index contributed by atoms with van der Waals surface area (Å²) in [6.07, 6.45) is 10.3. The zero-order valence-electron chi connectivity index (χ0n) is 16.5. The second-order valence-electron chi connectivity index (χ2n) is 9.98. The largest absolute Gasteiger partial charge is 0.393 e. The summed E-state index contributed by atoms with van der Waals surface area (Å²) >= 11 is 0. The molecular formula is C22H40O3. The second-order valence-corrected chi connectivity index (χ2v) is 9.98. The van der Waals surface area contributed by atoms with Crippen molar-refractivity contribution in [3.05, 3.63) is 0 Å². The van der Waals surface area contributed by atoms with Crippen LogP contribution in [0, 0.1) is 35.0 Å². The van der Waals surface area contributed by atoms with E-state index in [1.165, 1.54) is 0 Å². The summed E-state index contributed by atoms with van der Waals surface area (Å²) in [5.74, 6) is 2.85. The maximum Gasteiger partial charge on any atom is 0.0566 e. The summed E-state index contributed by atoms with van der Waals surface area (Å²) in [6, 6.07) is 0. The van der Waals surface area contributed by atoms with Gasteiger partial charge in [-0.1, -0.05) is 20.8 Å². The lowest BCUT2D eigenvalue weighted by Crippen LogP contribution is -2.49. The minimum atomic E-state index is -0.124. The van der Waals surface area contributed by atoms with Gasteiger partial charge in [0, 0.05) is 0 Å². The van der Waals surface area contributed by atoms with Gasteiger partial charge >= 0.3 is 0 Å². The molecule has 0 aromatic carbocycles. The smallest absolute Gasteiger partial charge is 0.0566 e. The fourth-order valence-electron chi connectivity index (χ4n) is 6.59. The monoisotopic (exact) mass is 352 g/mol. The predicted octanol–water partition coefficient (Wildman–Crippen LogP) is 4.14. The van der Waals surface area contributed by atoms with Gasteiger partial charge in [0.1, 0.15) is 0 Å². The summed E-state index contributed by atoms with van der Waals surface area (Å²) in [5, 5.41) is 30.5. The highest BCUT2D eigenvalue weighted by Crippen LogP contribution is 2.57. The van der Waals surface area contributed by atoms with Crippen molar-refractivity contribution in [3.63, 3.8) is 0 Å². The number of rotatable bonds is 3. The van der Waals surface area contributed by atoms with Crippen LogP contribution in [0.4, 0.5) is 0 Å². The second kappa shape index (κ2) is 7.86. The van der Waals surface area contributed by atoms with Crippen LogP contribution in [0.3, 0.4) is 0 Å². The molecule has 0 saturated heterocycles. The van der Waals surface area contributed by atoms with E-state index in [1.807, 2.05) is 0 Å². The summed E-state index contributed by atoms with van der Waals surface area (Å²) < 4.78 is 0. The zero-order chi connectivity index (χ0) is 18.2. The van der Waals surface area contributed by atoms with E-state index >= 15 is 0 Å². The Labute approximate surface area is 154 Å². The van der Waals surface area contributed by atoms with Crippen molar-refractivity contribution in [2.75, 3.05) is 0 Å². The Balaban J connectivity index is 1.83. The Kier molecular flexibility index (Phi) is 6.17. The van der Waals surface area contributed by atoms with Gasteiger partial charge in [0.05, 0.1) is 18.3 Å². The van der Waals surface area contributed by atoms with Crippen molar-refractivity contribution in [1.29, 1.82) is 0 Å². The van der Waals surface area contributed by atoms with E-state index < -0.39 is 0 Å². The Morgan fingerprint density at radius 2 is 1.00 bits per heavy atom. The first-order valence-electron chi connectivity index (χ1n) is 10.9. The molecule has 3 N–H and O–H groups in total. The molecular weight excluding hydrogens is 312 g/mol. The van der Waals surface area contributed by atoms with Crippen molar-refractivity contribution >= 4 is 0 Å². The fourth-order valence-corrected chi connectivity index (χ4v) is 6.59. The maximum absolute atomic E-state index is 10.2. The van der Waals surface area contributed by atoms with E-state index in [1.54, 1.807) is 0 Å². The van der Waals surface area contributed by atoms with Crippen LogP contribution in [-0.4, -0.2) is 33.6 Å². The Bertz CT molecular complexity index is 403. The zero-order valence-corrected chi connectivity index (χ0v) is 16.5. The van der Waals surface area contributed by atoms with Gasteiger partial charge < -0.3 is 15.3 Å². The molecule has 3 aliphatic carbocycles. The van der Waals surface area contributed by atoms with Crippen LogP contribution >= 0.6 is 0 Å². The van der Waals surface area contributed by atoms with Crippen molar-refractivity contribution in [3.8, 4) is 0 Å². The van der Waals surface area contributed by atoms with Gasteiger partial charge in [0.25, 0.3) is 0 Å². The van der Waals surface area contributed by atoms with Gasteiger partial charge in [-0.3, -0.25) is 0 Å². The number of aliphatic hydroxyl groups excluding tert-OH is 3. The van der Waals surface area contributed by atoms with E-state index in [2.05, 4.69) is 20.8 Å². The molecule has 0 aromatic heterocycles. The Morgan fingerprint density at radius 1 is 0.600 bits per heavy atom. The van der Waals surface area contributed by atoms with E-state index in [0.717, 1.165) is 64.2 Å². The van der Waals surface area contributed by atoms with Crippen LogP contribution in [0.5, 0.6) is 0 Å². The average molecular weight is 353 g/mol. The third-order valence-corrected chi connectivity index (χ3v) is 8.58. The molecule has 3 heteroatoms. The van der Waals surface area contributed by atoms with Crippen molar-refractivity contribution < 1.29 is 15.3 Å². The van der Waals surface area contributed by atoms with Gasteiger partial charge in [-0.2, -0.15) is 0 Å². The average Bonchev–Trinajstić information content (AvgIpc) is 2.59. The molecule has 146 valence electrons. The molecule has 25 heavy (non-hydrogen) atoms. The van der Waals surface area contributed by atoms with Crippen LogP contribution in [0.15, 0.2) is 0 Å². The van der Waals surface area contributed by atoms with E-state index in [-0.39, 0.29) is 18.3 Å². The van der Waals surface area contributed by atoms with Crippen LogP contribution in [0.25, 0.3) is 0 Å². The third-order valence-electron chi connectivity index (χ3n) is 8.58. The van der Waals surface area contributed by atoms with Gasteiger partial charge in [0.15, 0.2) is 0 Å². The van der Waals surface area contributed by atoms with E-state index in [9.17, 15) is 15.3 Å². The van der Waals surface area contributed by atoms with Crippen molar-refractivity contribution in [1.82, 2.24) is 0 Å². The summed E-state index contributed by atoms with van der Waals surface area (Å²) in [6.45, 7) is 6.98. The SMILES string of the molecule is CC1CC(C(C)(C2CCC(O)CC2)C2CCC(O)C(C)C2)CCC1O. The number of hydrogen-bond donors (Lipinski definition) is 3. The molecule has 0 spiro atoms. The normalized spacial score (nSPS) is 48.7. The van der Waals surface area contributed by atoms with Crippen LogP contribution < -0.4 is 0 Å². The highest BCUT2D eigenvalue weighted by atomic mass is 16.3. The third kappa shape index (κ3) is 3.94. The van der Waals surface area contributed by atoms with Crippen molar-refractivity contribution in [2.45, 2.75) is 103 Å². The van der Waals surface area contributed by atoms with E-state index in [4.69, 9.17) is 0 Å². The maximum atomic E-state index is 10.2. The molecule has 0 heterocycles. The van der Waals surface area contributed by atoms with E-state index in [0.29, 0.717) is 35.0 Å². The number of aliphatic hydroxyl groups is 3. The minimum Gasteiger partial charge on any atom is -0.393 e. The molecule has 3 fully saturated rings. The highest BCUT2D eigenvalue weighted by Gasteiger charge is 2.50. The van der Waals surface area contributed by atoms with Crippen molar-refractivity contribution in [2.24, 2.45) is 35.0 Å². The van der Waals surface area contributed by atoms with Gasteiger partial charge in [-0.25, -0.2) is 0 Å². The Morgan fingerprint density at radius 3 is 1.40 bits per heavy atom. The molecule has 0 aliphatic heterocycles. The fraction of sp³-hybridized carbons (Fsp3) is 1.00. The number of hydrogen-bond acceptors (Lipinski definition) is 3. The molecule has 3 aliphatic rings. The lowest BCUT2D eigenvalue weighted by molar-refractivity contribution is -0.0876. The summed E-state index contributed by atoms with van der Waals surface area (Å²) in [7, 11) is 0. The molecule has 3 saturated carbocycles. The lowest BCUT2D eigenvalue weighted by Gasteiger charge is -2.55. The lowest BCUT2D eigenvalue weighted by atomic mass is 9.50. The molecule has 0 radical (unpaired) electrons. The topological polar surface area (TPSA) is 60.7 Å². The summed E-state index contributed by atoms with van der Waals surface area (Å²) in [4.78, 5) is 0. The molecule has 0 aromatic rings. The quantitative estimate of drug-likeness (QED) is 0.715. The van der Waals surface area contributed by atoms with Gasteiger partial charge in [0.2, 0.25) is 0 Å². The van der Waals surface area contributed by atoms with Gasteiger partial charge in [-0.15, -0.1) is 0 Å². The molecule has 0 bridgehead atoms. The highest BCUT2D eigenvalue weighted by molar-refractivity contribution is 5.00. The Hall–Kier alpha value is -0.120. The van der Waals surface area contributed by atoms with Crippen LogP contribution in [0.2, 0.25) is 0 Å². The molecule has 3 nitrogen and oxygen atoms in total. The van der Waals surface area contributed by atoms with Gasteiger partial charge in [-0.05, 0) is 99.2 Å². The molecule has 3 rings (SSSR count). The molecule has 0 amide bonds. The first-order chi connectivity index (χ1) is 11.8. The molecule has 6 unspecified atom stereocenters. The van der Waals surface area contributed by atoms with Crippen LogP contribution in [-0.2, 0) is 0 Å². The minimum absolute atomic E-state index is 0.0975. The summed E-state index contributed by atoms with van der Waals surface area (Å²) in [5.41, 5.74) is 0.295. The first-order valence-corrected chi connectivity index (χ1v) is 10.9.